The molecule has 134 valence electrons. The number of halogens is 1. The van der Waals surface area contributed by atoms with Gasteiger partial charge >= 0.3 is 0 Å². The second-order valence-electron chi connectivity index (χ2n) is 5.81. The Morgan fingerprint density at radius 2 is 2.12 bits per heavy atom. The Bertz CT molecular complexity index is 722. The molecule has 0 fully saturated rings. The molecule has 0 saturated heterocycles. The molecule has 0 radical (unpaired) electrons. The van der Waals surface area contributed by atoms with Crippen LogP contribution in [0.3, 0.4) is 0 Å². The molecule has 1 aliphatic heterocycles. The number of nitrogens with zero attached hydrogens (tertiary/aromatic N) is 1. The number of rotatable bonds is 7. The largest absolute Gasteiger partial charge is 0.486 e. The first kappa shape index (κ1) is 18.2. The van der Waals surface area contributed by atoms with Gasteiger partial charge in [-0.1, -0.05) is 19.1 Å². The van der Waals surface area contributed by atoms with E-state index in [1.807, 2.05) is 30.3 Å². The minimum atomic E-state index is -0.165. The lowest BCUT2D eigenvalue weighted by Gasteiger charge is -2.27. The van der Waals surface area contributed by atoms with Crippen molar-refractivity contribution in [3.8, 4) is 11.5 Å². The van der Waals surface area contributed by atoms with Crippen LogP contribution in [-0.2, 0) is 11.3 Å². The zero-order valence-corrected chi connectivity index (χ0v) is 16.4. The van der Waals surface area contributed by atoms with E-state index in [2.05, 4.69) is 39.1 Å². The number of carbonyl (C=O) groups excluding carboxylic acids is 1. The first-order valence-electron chi connectivity index (χ1n) is 8.25. The molecular formula is C18H21BrN2O3S. The molecule has 1 N–H and O–H groups in total. The van der Waals surface area contributed by atoms with Crippen LogP contribution in [0.1, 0.15) is 11.8 Å². The maximum Gasteiger partial charge on any atom is 0.234 e. The minimum Gasteiger partial charge on any atom is -0.486 e. The first-order valence-corrected chi connectivity index (χ1v) is 9.86. The van der Waals surface area contributed by atoms with E-state index in [-0.39, 0.29) is 12.0 Å². The maximum absolute atomic E-state index is 12.2. The summed E-state index contributed by atoms with van der Waals surface area (Å²) in [6, 6.07) is 11.7. The number of thiophene rings is 1. The van der Waals surface area contributed by atoms with E-state index < -0.39 is 0 Å². The Balaban J connectivity index is 1.44. The number of hydrogen-bond acceptors (Lipinski definition) is 5. The quantitative estimate of drug-likeness (QED) is 0.740. The van der Waals surface area contributed by atoms with Gasteiger partial charge < -0.3 is 14.8 Å². The summed E-state index contributed by atoms with van der Waals surface area (Å²) in [5.41, 5.74) is 0. The summed E-state index contributed by atoms with van der Waals surface area (Å²) in [6.07, 6.45) is -0.165. The van der Waals surface area contributed by atoms with E-state index >= 15 is 0 Å². The van der Waals surface area contributed by atoms with Gasteiger partial charge in [-0.25, -0.2) is 0 Å². The number of carbonyl (C=O) groups is 1. The second-order valence-corrected chi connectivity index (χ2v) is 8.36. The molecule has 0 bridgehead atoms. The molecule has 1 unspecified atom stereocenters. The van der Waals surface area contributed by atoms with Gasteiger partial charge in [0.1, 0.15) is 12.7 Å². The van der Waals surface area contributed by atoms with Gasteiger partial charge in [-0.3, -0.25) is 9.69 Å². The lowest BCUT2D eigenvalue weighted by Crippen LogP contribution is -2.44. The maximum atomic E-state index is 12.2. The number of fused-ring (bicyclic) bond motifs is 1. The molecule has 2 heterocycles. The SMILES string of the molecule is CCN(CC(=O)NCC1COc2ccccc2O1)Cc1ccc(Br)s1. The molecule has 1 atom stereocenters. The van der Waals surface area contributed by atoms with Crippen molar-refractivity contribution in [3.05, 3.63) is 45.1 Å². The van der Waals surface area contributed by atoms with Crippen molar-refractivity contribution in [1.29, 1.82) is 0 Å². The summed E-state index contributed by atoms with van der Waals surface area (Å²) >= 11 is 5.17. The van der Waals surface area contributed by atoms with Crippen LogP contribution in [-0.4, -0.2) is 43.2 Å². The predicted octanol–water partition coefficient (Wildman–Crippen LogP) is 3.29. The smallest absolute Gasteiger partial charge is 0.234 e. The van der Waals surface area contributed by atoms with Crippen LogP contribution in [0.5, 0.6) is 11.5 Å². The Kier molecular flexibility index (Phi) is 6.34. The highest BCUT2D eigenvalue weighted by molar-refractivity contribution is 9.11. The van der Waals surface area contributed by atoms with Crippen LogP contribution in [0.15, 0.2) is 40.2 Å². The third-order valence-corrected chi connectivity index (χ3v) is 5.53. The van der Waals surface area contributed by atoms with E-state index in [4.69, 9.17) is 9.47 Å². The molecular weight excluding hydrogens is 404 g/mol. The van der Waals surface area contributed by atoms with Crippen molar-refractivity contribution < 1.29 is 14.3 Å². The molecule has 1 aliphatic rings. The van der Waals surface area contributed by atoms with Crippen LogP contribution >= 0.6 is 27.3 Å². The van der Waals surface area contributed by atoms with Gasteiger partial charge in [0.2, 0.25) is 5.91 Å². The van der Waals surface area contributed by atoms with E-state index in [0.717, 1.165) is 28.4 Å². The molecule has 1 amide bonds. The monoisotopic (exact) mass is 424 g/mol. The molecule has 1 aromatic heterocycles. The van der Waals surface area contributed by atoms with Crippen molar-refractivity contribution in [1.82, 2.24) is 10.2 Å². The van der Waals surface area contributed by atoms with Gasteiger partial charge in [0.15, 0.2) is 11.5 Å². The van der Waals surface area contributed by atoms with Gasteiger partial charge in [0.05, 0.1) is 16.9 Å². The Morgan fingerprint density at radius 3 is 2.84 bits per heavy atom. The highest BCUT2D eigenvalue weighted by Crippen LogP contribution is 2.30. The lowest BCUT2D eigenvalue weighted by atomic mass is 10.2. The molecule has 5 nitrogen and oxygen atoms in total. The van der Waals surface area contributed by atoms with Gasteiger partial charge in [-0.2, -0.15) is 0 Å². The van der Waals surface area contributed by atoms with Crippen LogP contribution in [0.2, 0.25) is 0 Å². The van der Waals surface area contributed by atoms with E-state index in [9.17, 15) is 4.79 Å². The third kappa shape index (κ3) is 5.20. The zero-order chi connectivity index (χ0) is 17.6. The van der Waals surface area contributed by atoms with Crippen molar-refractivity contribution in [2.75, 3.05) is 26.2 Å². The van der Waals surface area contributed by atoms with Crippen LogP contribution in [0.25, 0.3) is 0 Å². The van der Waals surface area contributed by atoms with Gasteiger partial charge in [-0.15, -0.1) is 11.3 Å². The molecule has 3 rings (SSSR count). The van der Waals surface area contributed by atoms with E-state index in [1.54, 1.807) is 11.3 Å². The first-order chi connectivity index (χ1) is 12.1. The Hall–Kier alpha value is -1.57. The second kappa shape index (κ2) is 8.69. The molecule has 1 aromatic carbocycles. The fourth-order valence-electron chi connectivity index (χ4n) is 2.59. The van der Waals surface area contributed by atoms with Gasteiger partial charge in [0.25, 0.3) is 0 Å². The van der Waals surface area contributed by atoms with Gasteiger partial charge in [0, 0.05) is 11.4 Å². The highest BCUT2D eigenvalue weighted by Gasteiger charge is 2.21. The summed E-state index contributed by atoms with van der Waals surface area (Å²) in [5.74, 6) is 1.48. The fraction of sp³-hybridized carbons (Fsp3) is 0.389. The number of nitrogens with one attached hydrogen (secondary N) is 1. The zero-order valence-electron chi connectivity index (χ0n) is 14.0. The topological polar surface area (TPSA) is 50.8 Å². The average molecular weight is 425 g/mol. The summed E-state index contributed by atoms with van der Waals surface area (Å²) < 4.78 is 12.6. The van der Waals surface area contributed by atoms with Crippen LogP contribution in [0.4, 0.5) is 0 Å². The summed E-state index contributed by atoms with van der Waals surface area (Å²) in [7, 11) is 0. The standard InChI is InChI=1S/C18H21BrN2O3S/c1-2-21(10-14-7-8-17(19)25-14)11-18(22)20-9-13-12-23-15-5-3-4-6-16(15)24-13/h3-8,13H,2,9-12H2,1H3,(H,20,22). The number of benzene rings is 1. The molecule has 0 spiro atoms. The minimum absolute atomic E-state index is 0.0000644. The summed E-state index contributed by atoms with van der Waals surface area (Å²) in [5, 5.41) is 2.95. The molecule has 25 heavy (non-hydrogen) atoms. The molecule has 0 aliphatic carbocycles. The Morgan fingerprint density at radius 1 is 1.32 bits per heavy atom. The third-order valence-electron chi connectivity index (χ3n) is 3.92. The van der Waals surface area contributed by atoms with E-state index in [0.29, 0.717) is 19.7 Å². The van der Waals surface area contributed by atoms with Crippen molar-refractivity contribution in [2.24, 2.45) is 0 Å². The molecule has 7 heteroatoms. The number of ether oxygens (including phenoxy) is 2. The van der Waals surface area contributed by atoms with Crippen molar-refractivity contribution in [3.63, 3.8) is 0 Å². The average Bonchev–Trinajstić information content (AvgIpc) is 3.04. The number of hydrogen-bond donors (Lipinski definition) is 1. The molecule has 0 saturated carbocycles. The van der Waals surface area contributed by atoms with Crippen molar-refractivity contribution >= 4 is 33.2 Å². The van der Waals surface area contributed by atoms with Gasteiger partial charge in [-0.05, 0) is 46.7 Å². The lowest BCUT2D eigenvalue weighted by molar-refractivity contribution is -0.122. The highest BCUT2D eigenvalue weighted by atomic mass is 79.9. The summed E-state index contributed by atoms with van der Waals surface area (Å²) in [4.78, 5) is 15.6. The van der Waals surface area contributed by atoms with Crippen molar-refractivity contribution in [2.45, 2.75) is 19.6 Å². The number of amides is 1. The van der Waals surface area contributed by atoms with E-state index in [1.165, 1.54) is 4.88 Å². The predicted molar refractivity (Wildman–Crippen MR) is 102 cm³/mol. The normalized spacial score (nSPS) is 16.0. The fourth-order valence-corrected chi connectivity index (χ4v) is 4.11. The number of likely N-dealkylation sites (N-methyl/N-ethyl adjacent to an activating group) is 1. The van der Waals surface area contributed by atoms with Crippen LogP contribution in [0, 0.1) is 0 Å². The Labute approximate surface area is 160 Å². The summed E-state index contributed by atoms with van der Waals surface area (Å²) in [6.45, 7) is 4.91. The molecule has 2 aromatic rings. The number of para-hydroxylation sites is 2. The van der Waals surface area contributed by atoms with Crippen LogP contribution < -0.4 is 14.8 Å².